The third-order valence-corrected chi connectivity index (χ3v) is 7.40. The monoisotopic (exact) mass is 478 g/mol. The van der Waals surface area contributed by atoms with Crippen LogP contribution in [0.3, 0.4) is 0 Å². The highest BCUT2D eigenvalue weighted by molar-refractivity contribution is 7.89. The van der Waals surface area contributed by atoms with Gasteiger partial charge in [0.25, 0.3) is 5.91 Å². The highest BCUT2D eigenvalue weighted by Gasteiger charge is 2.21. The van der Waals surface area contributed by atoms with Crippen LogP contribution in [0.2, 0.25) is 0 Å². The molecular formula is C25H26N4O4S. The number of rotatable bonds is 8. The van der Waals surface area contributed by atoms with Crippen molar-refractivity contribution in [3.8, 4) is 5.75 Å². The van der Waals surface area contributed by atoms with Crippen LogP contribution in [0.15, 0.2) is 78.0 Å². The number of methoxy groups -OCH3 is 1. The molecule has 4 aromatic rings. The molecule has 0 atom stereocenters. The van der Waals surface area contributed by atoms with Crippen LogP contribution in [0.1, 0.15) is 21.6 Å². The second kappa shape index (κ2) is 9.66. The lowest BCUT2D eigenvalue weighted by Gasteiger charge is -2.13. The molecule has 0 fully saturated rings. The highest BCUT2D eigenvalue weighted by Crippen LogP contribution is 2.26. The Morgan fingerprint density at radius 2 is 1.71 bits per heavy atom. The average Bonchev–Trinajstić information content (AvgIpc) is 3.21. The van der Waals surface area contributed by atoms with Gasteiger partial charge in [-0.25, -0.2) is 12.7 Å². The van der Waals surface area contributed by atoms with E-state index < -0.39 is 10.0 Å². The average molecular weight is 479 g/mol. The number of hydrogen-bond acceptors (Lipinski definition) is 5. The van der Waals surface area contributed by atoms with Gasteiger partial charge in [0.2, 0.25) is 10.0 Å². The minimum atomic E-state index is -3.60. The molecule has 9 heteroatoms. The molecule has 8 nitrogen and oxygen atoms in total. The van der Waals surface area contributed by atoms with E-state index in [4.69, 9.17) is 4.74 Å². The van der Waals surface area contributed by atoms with Crippen molar-refractivity contribution in [3.05, 3.63) is 89.9 Å². The molecule has 1 N–H and O–H groups in total. The van der Waals surface area contributed by atoms with Crippen LogP contribution >= 0.6 is 0 Å². The van der Waals surface area contributed by atoms with Gasteiger partial charge < -0.3 is 14.6 Å². The number of carbonyl (C=O) groups is 1. The van der Waals surface area contributed by atoms with Gasteiger partial charge in [-0.15, -0.1) is 0 Å². The SMILES string of the molecule is COc1ccc(CNC(=O)c2cc3cc(S(=O)(=O)N(C)C)ccc3n2Cc2ccncc2)cc1. The molecule has 4 rings (SSSR count). The molecular weight excluding hydrogens is 452 g/mol. The lowest BCUT2D eigenvalue weighted by molar-refractivity contribution is 0.0942. The molecule has 0 aliphatic heterocycles. The molecule has 0 spiro atoms. The summed E-state index contributed by atoms with van der Waals surface area (Å²) >= 11 is 0. The fourth-order valence-electron chi connectivity index (χ4n) is 3.67. The highest BCUT2D eigenvalue weighted by atomic mass is 32.2. The van der Waals surface area contributed by atoms with Crippen LogP contribution < -0.4 is 10.1 Å². The number of carbonyl (C=O) groups excluding carboxylic acids is 1. The molecule has 0 saturated carbocycles. The zero-order chi connectivity index (χ0) is 24.3. The van der Waals surface area contributed by atoms with Crippen molar-refractivity contribution in [2.24, 2.45) is 0 Å². The number of amides is 1. The van der Waals surface area contributed by atoms with E-state index in [1.54, 1.807) is 43.8 Å². The molecule has 0 radical (unpaired) electrons. The maximum Gasteiger partial charge on any atom is 0.268 e. The van der Waals surface area contributed by atoms with Crippen LogP contribution in [0, 0.1) is 0 Å². The zero-order valence-corrected chi connectivity index (χ0v) is 20.0. The van der Waals surface area contributed by atoms with Gasteiger partial charge >= 0.3 is 0 Å². The van der Waals surface area contributed by atoms with Crippen LogP contribution in [-0.2, 0) is 23.1 Å². The smallest absolute Gasteiger partial charge is 0.268 e. The van der Waals surface area contributed by atoms with Crippen LogP contribution in [0.5, 0.6) is 5.75 Å². The van der Waals surface area contributed by atoms with Gasteiger partial charge in [-0.3, -0.25) is 9.78 Å². The van der Waals surface area contributed by atoms with Gasteiger partial charge in [0.15, 0.2) is 0 Å². The van der Waals surface area contributed by atoms with Gasteiger partial charge in [-0.2, -0.15) is 0 Å². The Kier molecular flexibility index (Phi) is 6.67. The first kappa shape index (κ1) is 23.5. The molecule has 2 aromatic heterocycles. The maximum absolute atomic E-state index is 13.2. The predicted octanol–water partition coefficient (Wildman–Crippen LogP) is 3.27. The summed E-state index contributed by atoms with van der Waals surface area (Å²) in [4.78, 5) is 17.4. The summed E-state index contributed by atoms with van der Waals surface area (Å²) in [7, 11) is 0.991. The van der Waals surface area contributed by atoms with Gasteiger partial charge in [0, 0.05) is 50.5 Å². The van der Waals surface area contributed by atoms with Crippen molar-refractivity contribution in [2.45, 2.75) is 18.0 Å². The van der Waals surface area contributed by atoms with E-state index in [9.17, 15) is 13.2 Å². The van der Waals surface area contributed by atoms with E-state index in [1.807, 2.05) is 41.0 Å². The Bertz CT molecular complexity index is 1410. The molecule has 0 bridgehead atoms. The summed E-state index contributed by atoms with van der Waals surface area (Å²) in [5.41, 5.74) is 3.12. The number of hydrogen-bond donors (Lipinski definition) is 1. The lowest BCUT2D eigenvalue weighted by atomic mass is 10.2. The van der Waals surface area contributed by atoms with E-state index in [-0.39, 0.29) is 10.8 Å². The van der Waals surface area contributed by atoms with Crippen molar-refractivity contribution in [1.82, 2.24) is 19.2 Å². The summed E-state index contributed by atoms with van der Waals surface area (Å²) < 4.78 is 33.5. The predicted molar refractivity (Wildman–Crippen MR) is 130 cm³/mol. The van der Waals surface area contributed by atoms with E-state index in [2.05, 4.69) is 10.3 Å². The molecule has 0 saturated heterocycles. The van der Waals surface area contributed by atoms with Crippen molar-refractivity contribution in [2.75, 3.05) is 21.2 Å². The fraction of sp³-hybridized carbons (Fsp3) is 0.200. The number of nitrogens with one attached hydrogen (secondary N) is 1. The molecule has 2 aromatic carbocycles. The third kappa shape index (κ3) is 4.80. The van der Waals surface area contributed by atoms with Crippen LogP contribution in [-0.4, -0.2) is 49.4 Å². The van der Waals surface area contributed by atoms with Crippen LogP contribution in [0.25, 0.3) is 10.9 Å². The molecule has 176 valence electrons. The number of fused-ring (bicyclic) bond motifs is 1. The van der Waals surface area contributed by atoms with Crippen molar-refractivity contribution in [3.63, 3.8) is 0 Å². The standard InChI is InChI=1S/C25H26N4O4S/c1-28(2)34(31,32)22-8-9-23-20(14-22)15-24(29(23)17-19-10-12-26-13-11-19)25(30)27-16-18-4-6-21(33-3)7-5-18/h4-15H,16-17H2,1-3H3,(H,27,30). The second-order valence-corrected chi connectivity index (χ2v) is 10.2. The summed E-state index contributed by atoms with van der Waals surface area (Å²) in [6.07, 6.45) is 3.40. The van der Waals surface area contributed by atoms with Gasteiger partial charge in [-0.05, 0) is 59.7 Å². The zero-order valence-electron chi connectivity index (χ0n) is 19.2. The Morgan fingerprint density at radius 3 is 2.35 bits per heavy atom. The molecule has 2 heterocycles. The van der Waals surface area contributed by atoms with Crippen molar-refractivity contribution in [1.29, 1.82) is 0 Å². The van der Waals surface area contributed by atoms with E-state index in [0.29, 0.717) is 24.2 Å². The van der Waals surface area contributed by atoms with Gasteiger partial charge in [-0.1, -0.05) is 12.1 Å². The van der Waals surface area contributed by atoms with Crippen molar-refractivity contribution < 1.29 is 17.9 Å². The van der Waals surface area contributed by atoms with E-state index in [1.165, 1.54) is 18.4 Å². The number of benzene rings is 2. The summed E-state index contributed by atoms with van der Waals surface area (Å²) in [6.45, 7) is 0.789. The number of pyridine rings is 1. The largest absolute Gasteiger partial charge is 0.497 e. The summed E-state index contributed by atoms with van der Waals surface area (Å²) in [5.74, 6) is 0.495. The molecule has 0 aliphatic carbocycles. The number of nitrogens with zero attached hydrogens (tertiary/aromatic N) is 3. The first-order valence-electron chi connectivity index (χ1n) is 10.7. The molecule has 1 amide bonds. The lowest BCUT2D eigenvalue weighted by Crippen LogP contribution is -2.25. The second-order valence-electron chi connectivity index (χ2n) is 8.01. The van der Waals surface area contributed by atoms with Crippen molar-refractivity contribution >= 4 is 26.8 Å². The van der Waals surface area contributed by atoms with E-state index >= 15 is 0 Å². The Hall–Kier alpha value is -3.69. The number of sulfonamides is 1. The van der Waals surface area contributed by atoms with Crippen LogP contribution in [0.4, 0.5) is 0 Å². The minimum absolute atomic E-state index is 0.177. The molecule has 0 unspecified atom stereocenters. The normalized spacial score (nSPS) is 11.6. The fourth-order valence-corrected chi connectivity index (χ4v) is 4.60. The molecule has 0 aliphatic rings. The Labute approximate surface area is 198 Å². The molecule has 34 heavy (non-hydrogen) atoms. The van der Waals surface area contributed by atoms with Gasteiger partial charge in [0.1, 0.15) is 11.4 Å². The van der Waals surface area contributed by atoms with Gasteiger partial charge in [0.05, 0.1) is 12.0 Å². The Balaban J connectivity index is 1.70. The summed E-state index contributed by atoms with van der Waals surface area (Å²) in [6, 6.07) is 17.9. The minimum Gasteiger partial charge on any atom is -0.497 e. The first-order valence-corrected chi connectivity index (χ1v) is 12.1. The maximum atomic E-state index is 13.2. The topological polar surface area (TPSA) is 93.5 Å². The Morgan fingerprint density at radius 1 is 1.00 bits per heavy atom. The summed E-state index contributed by atoms with van der Waals surface area (Å²) in [5, 5.41) is 3.64. The number of aromatic nitrogens is 2. The van der Waals surface area contributed by atoms with E-state index in [0.717, 1.165) is 22.4 Å². The third-order valence-electron chi connectivity index (χ3n) is 5.59. The first-order chi connectivity index (χ1) is 16.3. The quantitative estimate of drug-likeness (QED) is 0.420. The number of ether oxygens (including phenoxy) is 1.